The number of aryl methyl sites for hydroxylation is 1. The van der Waals surface area contributed by atoms with Gasteiger partial charge in [-0.15, -0.1) is 11.3 Å². The van der Waals surface area contributed by atoms with Crippen molar-refractivity contribution in [1.82, 2.24) is 4.98 Å². The first-order valence-electron chi connectivity index (χ1n) is 4.98. The summed E-state index contributed by atoms with van der Waals surface area (Å²) in [4.78, 5) is 4.72. The first-order valence-corrected chi connectivity index (χ1v) is 5.86. The zero-order valence-corrected chi connectivity index (χ0v) is 9.67. The molecule has 0 radical (unpaired) electrons. The van der Waals surface area contributed by atoms with E-state index in [4.69, 9.17) is 0 Å². The van der Waals surface area contributed by atoms with Gasteiger partial charge in [0.25, 0.3) is 0 Å². The SMILES string of the molecule is Cc1ccc(F)cc1CC(O)c1cncs1. The summed E-state index contributed by atoms with van der Waals surface area (Å²) in [5.41, 5.74) is 3.50. The molecule has 0 bridgehead atoms. The number of rotatable bonds is 3. The number of aromatic nitrogens is 1. The summed E-state index contributed by atoms with van der Waals surface area (Å²) in [6.45, 7) is 1.91. The van der Waals surface area contributed by atoms with Crippen LogP contribution in [0.1, 0.15) is 22.1 Å². The molecule has 1 atom stereocenters. The fourth-order valence-corrected chi connectivity index (χ4v) is 2.16. The van der Waals surface area contributed by atoms with Crippen molar-refractivity contribution in [1.29, 1.82) is 0 Å². The molecule has 1 aromatic heterocycles. The number of aliphatic hydroxyl groups is 1. The molecule has 1 aromatic carbocycles. The maximum atomic E-state index is 13.0. The van der Waals surface area contributed by atoms with Gasteiger partial charge in [-0.05, 0) is 30.2 Å². The number of hydrogen-bond donors (Lipinski definition) is 1. The fourth-order valence-electron chi connectivity index (χ4n) is 1.56. The Morgan fingerprint density at radius 2 is 2.31 bits per heavy atom. The average molecular weight is 237 g/mol. The highest BCUT2D eigenvalue weighted by atomic mass is 32.1. The summed E-state index contributed by atoms with van der Waals surface area (Å²) in [6, 6.07) is 4.63. The highest BCUT2D eigenvalue weighted by molar-refractivity contribution is 7.09. The van der Waals surface area contributed by atoms with Crippen molar-refractivity contribution < 1.29 is 9.50 Å². The third-order valence-electron chi connectivity index (χ3n) is 2.50. The maximum absolute atomic E-state index is 13.0. The molecule has 1 unspecified atom stereocenters. The zero-order valence-electron chi connectivity index (χ0n) is 8.85. The van der Waals surface area contributed by atoms with Crippen LogP contribution in [0.3, 0.4) is 0 Å². The van der Waals surface area contributed by atoms with E-state index < -0.39 is 6.10 Å². The van der Waals surface area contributed by atoms with E-state index in [0.717, 1.165) is 16.0 Å². The summed E-state index contributed by atoms with van der Waals surface area (Å²) in [7, 11) is 0. The van der Waals surface area contributed by atoms with Gasteiger partial charge in [0.05, 0.1) is 16.5 Å². The normalized spacial score (nSPS) is 12.7. The minimum absolute atomic E-state index is 0.267. The van der Waals surface area contributed by atoms with Crippen LogP contribution >= 0.6 is 11.3 Å². The van der Waals surface area contributed by atoms with E-state index in [2.05, 4.69) is 4.98 Å². The minimum Gasteiger partial charge on any atom is -0.387 e. The molecule has 0 aliphatic heterocycles. The molecule has 84 valence electrons. The summed E-state index contributed by atoms with van der Waals surface area (Å²) >= 11 is 1.41. The molecule has 4 heteroatoms. The number of nitrogens with zero attached hydrogens (tertiary/aromatic N) is 1. The summed E-state index contributed by atoms with van der Waals surface area (Å²) in [6.07, 6.45) is 1.46. The smallest absolute Gasteiger partial charge is 0.123 e. The molecule has 0 spiro atoms. The molecule has 0 fully saturated rings. The quantitative estimate of drug-likeness (QED) is 0.890. The Morgan fingerprint density at radius 3 is 3.00 bits per heavy atom. The molecular formula is C12H12FNOS. The van der Waals surface area contributed by atoms with Crippen molar-refractivity contribution in [3.8, 4) is 0 Å². The van der Waals surface area contributed by atoms with Gasteiger partial charge in [-0.25, -0.2) is 4.39 Å². The van der Waals surface area contributed by atoms with Gasteiger partial charge in [0.2, 0.25) is 0 Å². The zero-order chi connectivity index (χ0) is 11.5. The molecule has 2 nitrogen and oxygen atoms in total. The molecule has 0 saturated heterocycles. The molecule has 2 aromatic rings. The first kappa shape index (κ1) is 11.2. The number of benzene rings is 1. The summed E-state index contributed by atoms with van der Waals surface area (Å²) < 4.78 is 13.0. The van der Waals surface area contributed by atoms with Gasteiger partial charge < -0.3 is 5.11 Å². The van der Waals surface area contributed by atoms with Gasteiger partial charge in [-0.3, -0.25) is 4.98 Å². The predicted molar refractivity (Wildman–Crippen MR) is 61.9 cm³/mol. The van der Waals surface area contributed by atoms with Crippen molar-refractivity contribution >= 4 is 11.3 Å². The molecule has 0 aliphatic carbocycles. The van der Waals surface area contributed by atoms with Gasteiger partial charge in [-0.2, -0.15) is 0 Å². The number of hydrogen-bond acceptors (Lipinski definition) is 3. The Labute approximate surface area is 97.4 Å². The standard InChI is InChI=1S/C12H12FNOS/c1-8-2-3-10(13)4-9(8)5-11(15)12-6-14-7-16-12/h2-4,6-7,11,15H,5H2,1H3. The van der Waals surface area contributed by atoms with E-state index in [9.17, 15) is 9.50 Å². The minimum atomic E-state index is -0.604. The molecule has 16 heavy (non-hydrogen) atoms. The van der Waals surface area contributed by atoms with Crippen LogP contribution in [-0.2, 0) is 6.42 Å². The number of thiazole rings is 1. The highest BCUT2D eigenvalue weighted by Gasteiger charge is 2.12. The topological polar surface area (TPSA) is 33.1 Å². The van der Waals surface area contributed by atoms with Gasteiger partial charge in [-0.1, -0.05) is 6.07 Å². The van der Waals surface area contributed by atoms with Crippen molar-refractivity contribution in [3.63, 3.8) is 0 Å². The molecule has 2 rings (SSSR count). The maximum Gasteiger partial charge on any atom is 0.123 e. The summed E-state index contributed by atoms with van der Waals surface area (Å²) in [5.74, 6) is -0.267. The second-order valence-corrected chi connectivity index (χ2v) is 4.61. The van der Waals surface area contributed by atoms with Crippen molar-refractivity contribution in [2.45, 2.75) is 19.4 Å². The van der Waals surface area contributed by atoms with E-state index in [-0.39, 0.29) is 5.82 Å². The van der Waals surface area contributed by atoms with Crippen molar-refractivity contribution in [2.24, 2.45) is 0 Å². The van der Waals surface area contributed by atoms with Crippen LogP contribution in [0.4, 0.5) is 4.39 Å². The van der Waals surface area contributed by atoms with Gasteiger partial charge >= 0.3 is 0 Å². The first-order chi connectivity index (χ1) is 7.66. The lowest BCUT2D eigenvalue weighted by atomic mass is 10.0. The number of aliphatic hydroxyl groups excluding tert-OH is 1. The largest absolute Gasteiger partial charge is 0.387 e. The molecule has 0 saturated carbocycles. The van der Waals surface area contributed by atoms with Crippen molar-refractivity contribution in [3.05, 3.63) is 51.7 Å². The van der Waals surface area contributed by atoms with E-state index in [1.54, 1.807) is 17.8 Å². The second-order valence-electron chi connectivity index (χ2n) is 3.69. The monoisotopic (exact) mass is 237 g/mol. The lowest BCUT2D eigenvalue weighted by Gasteiger charge is -2.10. The van der Waals surface area contributed by atoms with Gasteiger partial charge in [0.1, 0.15) is 5.82 Å². The fraction of sp³-hybridized carbons (Fsp3) is 0.250. The van der Waals surface area contributed by atoms with Gasteiger partial charge in [0, 0.05) is 12.6 Å². The Bertz CT molecular complexity index is 470. The molecule has 0 amide bonds. The summed E-state index contributed by atoms with van der Waals surface area (Å²) in [5, 5.41) is 9.93. The Kier molecular flexibility index (Phi) is 3.31. The van der Waals surface area contributed by atoms with Crippen LogP contribution in [0.5, 0.6) is 0 Å². The highest BCUT2D eigenvalue weighted by Crippen LogP contribution is 2.23. The second kappa shape index (κ2) is 4.72. The lowest BCUT2D eigenvalue weighted by molar-refractivity contribution is 0.182. The Hall–Kier alpha value is -1.26. The van der Waals surface area contributed by atoms with Crippen LogP contribution < -0.4 is 0 Å². The van der Waals surface area contributed by atoms with Crippen LogP contribution in [0, 0.1) is 12.7 Å². The molecular weight excluding hydrogens is 225 g/mol. The third-order valence-corrected chi connectivity index (χ3v) is 3.38. The Morgan fingerprint density at radius 1 is 1.50 bits per heavy atom. The Balaban J connectivity index is 2.17. The number of halogens is 1. The van der Waals surface area contributed by atoms with Crippen LogP contribution in [0.25, 0.3) is 0 Å². The molecule has 1 N–H and O–H groups in total. The van der Waals surface area contributed by atoms with Crippen LogP contribution in [-0.4, -0.2) is 10.1 Å². The van der Waals surface area contributed by atoms with E-state index in [1.807, 2.05) is 6.92 Å². The molecule has 0 aliphatic rings. The van der Waals surface area contributed by atoms with E-state index >= 15 is 0 Å². The molecule has 1 heterocycles. The average Bonchev–Trinajstić information content (AvgIpc) is 2.76. The lowest BCUT2D eigenvalue weighted by Crippen LogP contribution is -2.01. The van der Waals surface area contributed by atoms with Gasteiger partial charge in [0.15, 0.2) is 0 Å². The third kappa shape index (κ3) is 2.46. The van der Waals surface area contributed by atoms with Crippen LogP contribution in [0.2, 0.25) is 0 Å². The van der Waals surface area contributed by atoms with E-state index in [0.29, 0.717) is 6.42 Å². The van der Waals surface area contributed by atoms with Crippen LogP contribution in [0.15, 0.2) is 29.9 Å². The predicted octanol–water partition coefficient (Wildman–Crippen LogP) is 2.87. The van der Waals surface area contributed by atoms with E-state index in [1.165, 1.54) is 23.5 Å². The van der Waals surface area contributed by atoms with Crippen molar-refractivity contribution in [2.75, 3.05) is 0 Å².